The van der Waals surface area contributed by atoms with Gasteiger partial charge in [0.25, 0.3) is 0 Å². The molecule has 0 aliphatic heterocycles. The molecule has 1 rings (SSSR count). The van der Waals surface area contributed by atoms with Crippen LogP contribution in [0.4, 0.5) is 0 Å². The van der Waals surface area contributed by atoms with Crippen LogP contribution in [0.3, 0.4) is 0 Å². The molecule has 1 aromatic carbocycles. The Morgan fingerprint density at radius 1 is 0.680 bits per heavy atom. The number of hydrogen-bond donors (Lipinski definition) is 2. The van der Waals surface area contributed by atoms with Crippen LogP contribution in [0.5, 0.6) is 0 Å². The second-order valence-corrected chi connectivity index (χ2v) is 7.06. The molecule has 0 atom stereocenters. The molecule has 0 fully saturated rings. The summed E-state index contributed by atoms with van der Waals surface area (Å²) < 4.78 is 12.6. The van der Waals surface area contributed by atoms with E-state index in [1.54, 1.807) is 0 Å². The molecule has 144 valence electrons. The van der Waals surface area contributed by atoms with Gasteiger partial charge in [-0.2, -0.15) is 0 Å². The highest BCUT2D eigenvalue weighted by Crippen LogP contribution is 2.23. The van der Waals surface area contributed by atoms with E-state index in [1.165, 1.54) is 0 Å². The molecular formula is C20H33BrO4. The summed E-state index contributed by atoms with van der Waals surface area (Å²) in [4.78, 5) is 0. The Morgan fingerprint density at radius 2 is 1.12 bits per heavy atom. The molecule has 0 saturated carbocycles. The summed E-state index contributed by atoms with van der Waals surface area (Å²) in [6.45, 7) is 3.29. The summed E-state index contributed by atoms with van der Waals surface area (Å²) in [6.07, 6.45) is 8.19. The van der Waals surface area contributed by atoms with Gasteiger partial charge in [-0.05, 0) is 36.8 Å². The molecule has 0 bridgehead atoms. The van der Waals surface area contributed by atoms with Crippen LogP contribution in [-0.2, 0) is 22.7 Å². The number of unbranched alkanes of at least 4 members (excludes halogenated alkanes) is 6. The molecule has 0 aliphatic carbocycles. The Labute approximate surface area is 160 Å². The van der Waals surface area contributed by atoms with Gasteiger partial charge in [-0.25, -0.2) is 0 Å². The van der Waals surface area contributed by atoms with Crippen molar-refractivity contribution in [2.45, 2.75) is 64.6 Å². The Kier molecular flexibility index (Phi) is 14.2. The molecule has 25 heavy (non-hydrogen) atoms. The Hall–Kier alpha value is -0.460. The molecular weight excluding hydrogens is 384 g/mol. The van der Waals surface area contributed by atoms with E-state index in [0.29, 0.717) is 13.2 Å². The highest BCUT2D eigenvalue weighted by atomic mass is 79.9. The van der Waals surface area contributed by atoms with Crippen LogP contribution in [0.2, 0.25) is 0 Å². The van der Waals surface area contributed by atoms with Gasteiger partial charge in [-0.3, -0.25) is 0 Å². The zero-order valence-corrected chi connectivity index (χ0v) is 16.8. The average molecular weight is 417 g/mol. The summed E-state index contributed by atoms with van der Waals surface area (Å²) in [7, 11) is 0. The van der Waals surface area contributed by atoms with Crippen LogP contribution in [0.25, 0.3) is 0 Å². The van der Waals surface area contributed by atoms with Gasteiger partial charge in [0.2, 0.25) is 0 Å². The van der Waals surface area contributed by atoms with Gasteiger partial charge >= 0.3 is 0 Å². The number of hydrogen-bond acceptors (Lipinski definition) is 4. The Bertz CT molecular complexity index is 403. The average Bonchev–Trinajstić information content (AvgIpc) is 2.62. The summed E-state index contributed by atoms with van der Waals surface area (Å²) in [6, 6.07) is 6.20. The zero-order valence-electron chi connectivity index (χ0n) is 15.2. The van der Waals surface area contributed by atoms with Crippen molar-refractivity contribution in [1.82, 2.24) is 0 Å². The van der Waals surface area contributed by atoms with Gasteiger partial charge in [0, 0.05) is 30.9 Å². The fourth-order valence-corrected chi connectivity index (χ4v) is 3.05. The highest BCUT2D eigenvalue weighted by Gasteiger charge is 2.06. The van der Waals surface area contributed by atoms with Crippen LogP contribution in [0, 0.1) is 0 Å². The maximum absolute atomic E-state index is 8.74. The molecule has 1 aromatic rings. The van der Waals surface area contributed by atoms with Gasteiger partial charge < -0.3 is 19.7 Å². The monoisotopic (exact) mass is 416 g/mol. The van der Waals surface area contributed by atoms with Crippen molar-refractivity contribution < 1.29 is 19.7 Å². The molecule has 0 spiro atoms. The maximum Gasteiger partial charge on any atom is 0.0727 e. The predicted octanol–water partition coefficient (Wildman–Crippen LogP) is 4.59. The van der Waals surface area contributed by atoms with Crippen LogP contribution < -0.4 is 0 Å². The summed E-state index contributed by atoms with van der Waals surface area (Å²) >= 11 is 3.67. The quantitative estimate of drug-likeness (QED) is 0.387. The van der Waals surface area contributed by atoms with E-state index < -0.39 is 0 Å². The lowest BCUT2D eigenvalue weighted by atomic mass is 10.1. The molecule has 2 N–H and O–H groups in total. The van der Waals surface area contributed by atoms with E-state index >= 15 is 0 Å². The molecule has 4 nitrogen and oxygen atoms in total. The van der Waals surface area contributed by atoms with E-state index in [2.05, 4.69) is 28.1 Å². The summed E-state index contributed by atoms with van der Waals surface area (Å²) in [5.74, 6) is 0. The zero-order chi connectivity index (χ0) is 18.2. The van der Waals surface area contributed by atoms with Gasteiger partial charge in [-0.1, -0.05) is 59.8 Å². The molecule has 0 saturated heterocycles. The number of benzene rings is 1. The van der Waals surface area contributed by atoms with Crippen molar-refractivity contribution in [1.29, 1.82) is 0 Å². The summed E-state index contributed by atoms with van der Waals surface area (Å²) in [5.41, 5.74) is 2.30. The Morgan fingerprint density at radius 3 is 1.56 bits per heavy atom. The van der Waals surface area contributed by atoms with Gasteiger partial charge in [0.15, 0.2) is 0 Å². The predicted molar refractivity (Wildman–Crippen MR) is 105 cm³/mol. The molecule has 0 amide bonds. The van der Waals surface area contributed by atoms with Crippen LogP contribution in [0.1, 0.15) is 62.5 Å². The fraction of sp³-hybridized carbons (Fsp3) is 0.700. The normalized spacial score (nSPS) is 11.2. The summed E-state index contributed by atoms with van der Waals surface area (Å²) in [5, 5.41) is 17.5. The van der Waals surface area contributed by atoms with Crippen LogP contribution >= 0.6 is 15.9 Å². The third kappa shape index (κ3) is 11.0. The number of ether oxygens (including phenoxy) is 2. The van der Waals surface area contributed by atoms with Gasteiger partial charge in [-0.15, -0.1) is 0 Å². The van der Waals surface area contributed by atoms with E-state index in [4.69, 9.17) is 19.7 Å². The molecule has 0 aromatic heterocycles. The standard InChI is InChI=1S/C20H33BrO4/c21-20-18(16-24-14-7-3-1-5-12-22)10-9-11-19(20)17-25-15-8-4-2-6-13-23/h9-11,22-23H,1-8,12-17H2. The van der Waals surface area contributed by atoms with E-state index in [-0.39, 0.29) is 13.2 Å². The van der Waals surface area contributed by atoms with Crippen molar-refractivity contribution >= 4 is 15.9 Å². The molecule has 0 radical (unpaired) electrons. The van der Waals surface area contributed by atoms with Gasteiger partial charge in [0.1, 0.15) is 0 Å². The minimum absolute atomic E-state index is 0.283. The first-order chi connectivity index (χ1) is 12.3. The van der Waals surface area contributed by atoms with E-state index in [0.717, 1.165) is 80.2 Å². The van der Waals surface area contributed by atoms with Crippen LogP contribution in [0.15, 0.2) is 22.7 Å². The number of aliphatic hydroxyl groups is 2. The lowest BCUT2D eigenvalue weighted by molar-refractivity contribution is 0.112. The van der Waals surface area contributed by atoms with Gasteiger partial charge in [0.05, 0.1) is 13.2 Å². The first kappa shape index (κ1) is 22.6. The van der Waals surface area contributed by atoms with Crippen molar-refractivity contribution in [2.24, 2.45) is 0 Å². The number of aliphatic hydroxyl groups excluding tert-OH is 2. The topological polar surface area (TPSA) is 58.9 Å². The highest BCUT2D eigenvalue weighted by molar-refractivity contribution is 9.10. The van der Waals surface area contributed by atoms with Crippen molar-refractivity contribution in [3.63, 3.8) is 0 Å². The Balaban J connectivity index is 2.21. The van der Waals surface area contributed by atoms with E-state index in [1.807, 2.05) is 6.07 Å². The molecule has 5 heteroatoms. The third-order valence-electron chi connectivity index (χ3n) is 4.07. The second kappa shape index (κ2) is 15.8. The van der Waals surface area contributed by atoms with E-state index in [9.17, 15) is 0 Å². The number of halogens is 1. The first-order valence-electron chi connectivity index (χ1n) is 9.43. The largest absolute Gasteiger partial charge is 0.396 e. The maximum atomic E-state index is 8.74. The fourth-order valence-electron chi connectivity index (χ4n) is 2.56. The smallest absolute Gasteiger partial charge is 0.0727 e. The second-order valence-electron chi connectivity index (χ2n) is 6.27. The lowest BCUT2D eigenvalue weighted by Crippen LogP contribution is -2.01. The third-order valence-corrected chi connectivity index (χ3v) is 5.09. The molecule has 0 heterocycles. The van der Waals surface area contributed by atoms with Crippen molar-refractivity contribution in [3.05, 3.63) is 33.8 Å². The first-order valence-corrected chi connectivity index (χ1v) is 10.2. The minimum atomic E-state index is 0.283. The minimum Gasteiger partial charge on any atom is -0.396 e. The molecule has 0 unspecified atom stereocenters. The molecule has 0 aliphatic rings. The van der Waals surface area contributed by atoms with Crippen molar-refractivity contribution in [2.75, 3.05) is 26.4 Å². The lowest BCUT2D eigenvalue weighted by Gasteiger charge is -2.11. The number of rotatable bonds is 16. The van der Waals surface area contributed by atoms with Crippen molar-refractivity contribution in [3.8, 4) is 0 Å². The van der Waals surface area contributed by atoms with Crippen LogP contribution in [-0.4, -0.2) is 36.6 Å². The SMILES string of the molecule is OCCCCCCOCc1cccc(COCCCCCCO)c1Br.